The molecule has 6 heterocycles. The maximum absolute atomic E-state index is 4.77. The van der Waals surface area contributed by atoms with Crippen molar-refractivity contribution in [1.82, 2.24) is 48.5 Å². The largest absolute Gasteiger partial charge is 0.291 e. The minimum absolute atomic E-state index is 0. The molecule has 0 aliphatic carbocycles. The fourth-order valence-corrected chi connectivity index (χ4v) is 5.64. The molecule has 6 aromatic rings. The van der Waals surface area contributed by atoms with Gasteiger partial charge in [0.15, 0.2) is 5.65 Å². The van der Waals surface area contributed by atoms with Gasteiger partial charge in [0.05, 0.1) is 23.3 Å². The minimum Gasteiger partial charge on any atom is -0.291 e. The van der Waals surface area contributed by atoms with Crippen molar-refractivity contribution in [3.8, 4) is 0 Å². The van der Waals surface area contributed by atoms with E-state index in [-0.39, 0.29) is 29.1 Å². The van der Waals surface area contributed by atoms with Gasteiger partial charge in [-0.05, 0) is 39.4 Å². The predicted octanol–water partition coefficient (Wildman–Crippen LogP) is 12.7. The highest BCUT2D eigenvalue weighted by atomic mass is 15.3. The summed E-state index contributed by atoms with van der Waals surface area (Å²) >= 11 is 0. The van der Waals surface area contributed by atoms with E-state index < -0.39 is 0 Å². The van der Waals surface area contributed by atoms with E-state index in [0.717, 1.165) is 28.5 Å². The van der Waals surface area contributed by atoms with Crippen molar-refractivity contribution in [1.29, 1.82) is 0 Å². The third-order valence-corrected chi connectivity index (χ3v) is 8.30. The fourth-order valence-electron chi connectivity index (χ4n) is 5.64. The Morgan fingerprint density at radius 3 is 1.52 bits per heavy atom. The van der Waals surface area contributed by atoms with Crippen molar-refractivity contribution in [2.75, 3.05) is 0 Å². The van der Waals surface area contributed by atoms with Crippen LogP contribution in [0.4, 0.5) is 0 Å². The van der Waals surface area contributed by atoms with Crippen molar-refractivity contribution in [3.63, 3.8) is 0 Å². The lowest BCUT2D eigenvalue weighted by Crippen LogP contribution is -2.24. The van der Waals surface area contributed by atoms with Gasteiger partial charge >= 0.3 is 0 Å². The molecule has 6 rings (SSSR count). The maximum atomic E-state index is 4.77. The molecule has 0 N–H and O–H groups in total. The highest BCUT2D eigenvalue weighted by Crippen LogP contribution is 2.34. The van der Waals surface area contributed by atoms with Crippen LogP contribution in [-0.2, 0) is 21.7 Å². The van der Waals surface area contributed by atoms with Crippen molar-refractivity contribution in [3.05, 3.63) is 83.3 Å². The van der Waals surface area contributed by atoms with Crippen LogP contribution in [-0.4, -0.2) is 48.5 Å². The summed E-state index contributed by atoms with van der Waals surface area (Å²) in [6.45, 7) is 47.2. The van der Waals surface area contributed by atoms with Crippen molar-refractivity contribution < 1.29 is 0 Å². The van der Waals surface area contributed by atoms with Crippen molar-refractivity contribution >= 4 is 17.2 Å². The molecule has 0 radical (unpaired) electrons. The molecular weight excluding hydrogens is 693 g/mol. The molecule has 56 heavy (non-hydrogen) atoms. The second-order valence-electron chi connectivity index (χ2n) is 17.7. The highest BCUT2D eigenvalue weighted by Gasteiger charge is 2.29. The van der Waals surface area contributed by atoms with E-state index in [1.807, 2.05) is 68.9 Å². The summed E-state index contributed by atoms with van der Waals surface area (Å²) in [6, 6.07) is 1.95. The van der Waals surface area contributed by atoms with Gasteiger partial charge in [0.2, 0.25) is 5.78 Å². The molecule has 0 aliphatic rings. The highest BCUT2D eigenvalue weighted by molar-refractivity contribution is 5.43. The summed E-state index contributed by atoms with van der Waals surface area (Å²) in [5.41, 5.74) is 8.42. The minimum atomic E-state index is 0. The molecule has 314 valence electrons. The number of hydrogen-bond donors (Lipinski definition) is 0. The Kier molecular flexibility index (Phi) is 19.7. The van der Waals surface area contributed by atoms with Gasteiger partial charge in [0.1, 0.15) is 6.33 Å². The lowest BCUT2D eigenvalue weighted by Gasteiger charge is -2.28. The van der Waals surface area contributed by atoms with Crippen LogP contribution in [0.1, 0.15) is 205 Å². The Bertz CT molecular complexity index is 1780. The van der Waals surface area contributed by atoms with Crippen LogP contribution in [0, 0.1) is 0 Å². The molecule has 10 nitrogen and oxygen atoms in total. The standard InChI is InChI=1S/2C14H21N3.C11H16N4.3C2H6.CH4/c1-13(2,3)10-9-17-8-7-15-12(17)16-11(10)14(4,5)6;1-13(2,3)10-9-17-11(7-8-15-17)16-12(10)14(4,5)6;1-7(2)9-5-15-11(12-6-13-15)14-10(9)8(3)4;3*1-2;/h2*7-9H,1-6H3;5-8H,1-4H3;3*1-2H3;1H4. The van der Waals surface area contributed by atoms with Gasteiger partial charge in [0, 0.05) is 47.9 Å². The second kappa shape index (κ2) is 21.4. The van der Waals surface area contributed by atoms with Crippen LogP contribution in [0.25, 0.3) is 17.2 Å². The number of nitrogens with zero attached hydrogens (tertiary/aromatic N) is 10. The third kappa shape index (κ3) is 13.5. The van der Waals surface area contributed by atoms with Gasteiger partial charge in [-0.1, -0.05) is 160 Å². The van der Waals surface area contributed by atoms with Gasteiger partial charge < -0.3 is 0 Å². The molecule has 0 aliphatic heterocycles. The molecule has 6 aromatic heterocycles. The fraction of sp³-hybridized carbons (Fsp3) is 0.630. The number of fused-ring (bicyclic) bond motifs is 3. The number of imidazole rings is 1. The Labute approximate surface area is 341 Å². The first-order valence-corrected chi connectivity index (χ1v) is 20.4. The molecule has 0 saturated heterocycles. The Balaban J connectivity index is 0.000000753. The zero-order valence-electron chi connectivity index (χ0n) is 38.7. The van der Waals surface area contributed by atoms with Gasteiger partial charge in [-0.3, -0.25) is 4.40 Å². The van der Waals surface area contributed by atoms with E-state index in [4.69, 9.17) is 9.97 Å². The molecule has 0 spiro atoms. The summed E-state index contributed by atoms with van der Waals surface area (Å²) in [5, 5.41) is 8.38. The normalized spacial score (nSPS) is 11.6. The Hall–Kier alpha value is -4.21. The second-order valence-corrected chi connectivity index (χ2v) is 17.7. The SMILES string of the molecule is C.CC.CC.CC.CC(C)(C)c1cn2ccnc2nc1C(C)(C)C.CC(C)(C)c1cn2nccc2nc1C(C)(C)C.CC(C)c1cn2ncnc2nc1C(C)C. The van der Waals surface area contributed by atoms with Gasteiger partial charge in [-0.15, -0.1) is 0 Å². The van der Waals surface area contributed by atoms with Crippen LogP contribution in [0.3, 0.4) is 0 Å². The monoisotopic (exact) mass is 773 g/mol. The molecule has 0 saturated carbocycles. The van der Waals surface area contributed by atoms with Crippen LogP contribution in [0.5, 0.6) is 0 Å². The van der Waals surface area contributed by atoms with Crippen LogP contribution in [0.2, 0.25) is 0 Å². The van der Waals surface area contributed by atoms with E-state index in [2.05, 4.69) is 148 Å². The first-order valence-electron chi connectivity index (χ1n) is 20.4. The van der Waals surface area contributed by atoms with E-state index >= 15 is 0 Å². The average molecular weight is 773 g/mol. The Morgan fingerprint density at radius 1 is 0.518 bits per heavy atom. The summed E-state index contributed by atoms with van der Waals surface area (Å²) < 4.78 is 5.59. The van der Waals surface area contributed by atoms with Gasteiger partial charge in [-0.25, -0.2) is 29.0 Å². The van der Waals surface area contributed by atoms with Gasteiger partial charge in [0.25, 0.3) is 5.78 Å². The lowest BCUT2D eigenvalue weighted by molar-refractivity contribution is 0.510. The molecular formula is C46H80N10. The molecule has 0 bridgehead atoms. The quantitative estimate of drug-likeness (QED) is 0.173. The zero-order chi connectivity index (χ0) is 42.7. The first kappa shape index (κ1) is 51.8. The summed E-state index contributed by atoms with van der Waals surface area (Å²) in [6.07, 6.45) is 13.4. The zero-order valence-corrected chi connectivity index (χ0v) is 38.7. The number of aromatic nitrogens is 10. The smallest absolute Gasteiger partial charge is 0.252 e. The molecule has 0 atom stereocenters. The van der Waals surface area contributed by atoms with Crippen molar-refractivity contribution in [2.24, 2.45) is 0 Å². The lowest BCUT2D eigenvalue weighted by atomic mass is 9.79. The summed E-state index contributed by atoms with van der Waals surface area (Å²) in [7, 11) is 0. The molecule has 0 aromatic carbocycles. The van der Waals surface area contributed by atoms with Gasteiger partial charge in [-0.2, -0.15) is 15.2 Å². The maximum Gasteiger partial charge on any atom is 0.252 e. The third-order valence-electron chi connectivity index (χ3n) is 8.30. The van der Waals surface area contributed by atoms with Crippen molar-refractivity contribution in [2.45, 2.75) is 193 Å². The molecule has 10 heteroatoms. The number of hydrogen-bond acceptors (Lipinski definition) is 7. The molecule has 0 amide bonds. The van der Waals surface area contributed by atoms with Crippen LogP contribution < -0.4 is 0 Å². The first-order chi connectivity index (χ1) is 25.5. The van der Waals surface area contributed by atoms with E-state index in [1.165, 1.54) is 23.0 Å². The predicted molar refractivity (Wildman–Crippen MR) is 241 cm³/mol. The van der Waals surface area contributed by atoms with Crippen LogP contribution in [0.15, 0.2) is 49.6 Å². The Morgan fingerprint density at radius 2 is 1.04 bits per heavy atom. The van der Waals surface area contributed by atoms with E-state index in [1.54, 1.807) is 16.9 Å². The molecule has 0 unspecified atom stereocenters. The van der Waals surface area contributed by atoms with Crippen LogP contribution >= 0.6 is 0 Å². The number of rotatable bonds is 2. The molecule has 0 fully saturated rings. The summed E-state index contributed by atoms with van der Waals surface area (Å²) in [5.74, 6) is 2.35. The summed E-state index contributed by atoms with van der Waals surface area (Å²) in [4.78, 5) is 22.4. The average Bonchev–Trinajstić information content (AvgIpc) is 3.88. The van der Waals surface area contributed by atoms with E-state index in [9.17, 15) is 0 Å². The topological polar surface area (TPSA) is 103 Å². The van der Waals surface area contributed by atoms with E-state index in [0.29, 0.717) is 17.6 Å².